The molecule has 2 aliphatic rings. The van der Waals surface area contributed by atoms with E-state index in [9.17, 15) is 4.79 Å². The fraction of sp³-hybridized carbons (Fsp3) is 0.455. The van der Waals surface area contributed by atoms with Crippen molar-refractivity contribution in [2.45, 2.75) is 25.4 Å². The summed E-state index contributed by atoms with van der Waals surface area (Å²) >= 11 is 0. The van der Waals surface area contributed by atoms with Gasteiger partial charge in [-0.3, -0.25) is 4.79 Å². The summed E-state index contributed by atoms with van der Waals surface area (Å²) in [6.07, 6.45) is 3.82. The number of hydrogen-bond acceptors (Lipinski definition) is 3. The van der Waals surface area contributed by atoms with Gasteiger partial charge in [-0.05, 0) is 18.9 Å². The lowest BCUT2D eigenvalue weighted by atomic mass is 10.2. The molecular weight excluding hydrogens is 190 g/mol. The van der Waals surface area contributed by atoms with E-state index in [1.54, 1.807) is 6.20 Å². The second-order valence-corrected chi connectivity index (χ2v) is 4.06. The minimum absolute atomic E-state index is 0.00106. The normalized spacial score (nSPS) is 24.1. The summed E-state index contributed by atoms with van der Waals surface area (Å²) in [5.41, 5.74) is 1.12. The largest absolute Gasteiger partial charge is 0.350 e. The van der Waals surface area contributed by atoms with E-state index < -0.39 is 0 Å². The molecule has 4 heteroatoms. The van der Waals surface area contributed by atoms with Gasteiger partial charge in [-0.25, -0.2) is 4.98 Å². The molecule has 1 amide bonds. The lowest BCUT2D eigenvalue weighted by Crippen LogP contribution is -2.40. The van der Waals surface area contributed by atoms with Crippen molar-refractivity contribution in [3.63, 3.8) is 0 Å². The average molecular weight is 203 g/mol. The minimum atomic E-state index is 0.00106. The maximum absolute atomic E-state index is 11.8. The number of nitrogens with zero attached hydrogens (tertiary/aromatic N) is 2. The molecule has 4 nitrogen and oxygen atoms in total. The summed E-state index contributed by atoms with van der Waals surface area (Å²) in [6.45, 7) is 1.55. The van der Waals surface area contributed by atoms with Gasteiger partial charge in [0.05, 0.1) is 0 Å². The minimum Gasteiger partial charge on any atom is -0.350 e. The van der Waals surface area contributed by atoms with Crippen LogP contribution >= 0.6 is 0 Å². The van der Waals surface area contributed by atoms with E-state index in [1.165, 1.54) is 0 Å². The predicted molar refractivity (Wildman–Crippen MR) is 56.5 cm³/mol. The first kappa shape index (κ1) is 8.71. The lowest BCUT2D eigenvalue weighted by Gasteiger charge is -2.22. The third-order valence-electron chi connectivity index (χ3n) is 3.15. The Morgan fingerprint density at radius 1 is 1.53 bits per heavy atom. The zero-order valence-corrected chi connectivity index (χ0v) is 8.44. The van der Waals surface area contributed by atoms with Crippen LogP contribution in [0.2, 0.25) is 0 Å². The molecule has 1 N–H and O–H groups in total. The Hall–Kier alpha value is -1.58. The number of nitrogens with one attached hydrogen (secondary N) is 1. The van der Waals surface area contributed by atoms with Gasteiger partial charge < -0.3 is 10.2 Å². The van der Waals surface area contributed by atoms with Crippen LogP contribution in [0.3, 0.4) is 0 Å². The molecule has 0 spiro atoms. The number of fused-ring (bicyclic) bond motifs is 3. The van der Waals surface area contributed by atoms with Gasteiger partial charge in [0.2, 0.25) is 5.91 Å². The number of carbonyl (C=O) groups excluding carboxylic acids is 1. The monoisotopic (exact) mass is 203 g/mol. The van der Waals surface area contributed by atoms with Crippen LogP contribution in [0, 0.1) is 0 Å². The molecule has 1 aromatic heterocycles. The van der Waals surface area contributed by atoms with Gasteiger partial charge in [0.15, 0.2) is 0 Å². The van der Waals surface area contributed by atoms with Crippen LogP contribution in [0.25, 0.3) is 0 Å². The number of anilines is 1. The number of carbonyl (C=O) groups is 1. The van der Waals surface area contributed by atoms with Crippen LogP contribution in [0.1, 0.15) is 18.4 Å². The first-order valence-corrected chi connectivity index (χ1v) is 5.34. The van der Waals surface area contributed by atoms with E-state index in [0.29, 0.717) is 6.54 Å². The maximum Gasteiger partial charge on any atom is 0.243 e. The molecule has 0 aromatic carbocycles. The molecule has 1 aromatic rings. The van der Waals surface area contributed by atoms with Crippen molar-refractivity contribution in [2.75, 3.05) is 11.4 Å². The van der Waals surface area contributed by atoms with Crippen LogP contribution in [-0.2, 0) is 11.3 Å². The maximum atomic E-state index is 11.8. The molecule has 0 saturated carbocycles. The highest BCUT2D eigenvalue weighted by atomic mass is 16.2. The highest BCUT2D eigenvalue weighted by Gasteiger charge is 2.34. The third kappa shape index (κ3) is 1.28. The summed E-state index contributed by atoms with van der Waals surface area (Å²) in [5.74, 6) is 1.13. The predicted octanol–water partition coefficient (Wildman–Crippen LogP) is 0.680. The SMILES string of the molecule is O=C1NCc2cccnc2N2CCCC12. The van der Waals surface area contributed by atoms with E-state index in [2.05, 4.69) is 15.2 Å². The molecule has 15 heavy (non-hydrogen) atoms. The van der Waals surface area contributed by atoms with E-state index in [-0.39, 0.29) is 11.9 Å². The zero-order chi connectivity index (χ0) is 10.3. The first-order chi connectivity index (χ1) is 7.36. The second-order valence-electron chi connectivity index (χ2n) is 4.06. The quantitative estimate of drug-likeness (QED) is 0.674. The van der Waals surface area contributed by atoms with Crippen molar-refractivity contribution in [1.29, 1.82) is 0 Å². The molecular formula is C11H13N3O. The van der Waals surface area contributed by atoms with Gasteiger partial charge in [0, 0.05) is 24.8 Å². The van der Waals surface area contributed by atoms with Crippen LogP contribution in [0.4, 0.5) is 5.82 Å². The number of rotatable bonds is 0. The summed E-state index contributed by atoms with van der Waals surface area (Å²) in [5, 5.41) is 2.95. The average Bonchev–Trinajstić information content (AvgIpc) is 2.71. The number of aromatic nitrogens is 1. The highest BCUT2D eigenvalue weighted by Crippen LogP contribution is 2.28. The Labute approximate surface area is 88.3 Å². The third-order valence-corrected chi connectivity index (χ3v) is 3.15. The number of hydrogen-bond donors (Lipinski definition) is 1. The van der Waals surface area contributed by atoms with Gasteiger partial charge in [0.1, 0.15) is 11.9 Å². The van der Waals surface area contributed by atoms with Crippen molar-refractivity contribution in [2.24, 2.45) is 0 Å². The Bertz CT molecular complexity index is 405. The van der Waals surface area contributed by atoms with Gasteiger partial charge in [-0.2, -0.15) is 0 Å². The topological polar surface area (TPSA) is 45.2 Å². The Kier molecular flexibility index (Phi) is 1.87. The zero-order valence-electron chi connectivity index (χ0n) is 8.44. The van der Waals surface area contributed by atoms with Gasteiger partial charge in [0.25, 0.3) is 0 Å². The molecule has 1 saturated heterocycles. The molecule has 2 aliphatic heterocycles. The van der Waals surface area contributed by atoms with Crippen LogP contribution in [-0.4, -0.2) is 23.5 Å². The molecule has 0 bridgehead atoms. The molecule has 3 heterocycles. The van der Waals surface area contributed by atoms with E-state index in [4.69, 9.17) is 0 Å². The van der Waals surface area contributed by atoms with Crippen molar-refractivity contribution < 1.29 is 4.79 Å². The molecule has 1 fully saturated rings. The van der Waals surface area contributed by atoms with Crippen molar-refractivity contribution in [3.8, 4) is 0 Å². The van der Waals surface area contributed by atoms with Gasteiger partial charge in [-0.15, -0.1) is 0 Å². The van der Waals surface area contributed by atoms with Crippen LogP contribution < -0.4 is 10.2 Å². The Balaban J connectivity index is 2.08. The van der Waals surface area contributed by atoms with Gasteiger partial charge in [-0.1, -0.05) is 6.07 Å². The molecule has 1 atom stereocenters. The highest BCUT2D eigenvalue weighted by molar-refractivity contribution is 5.87. The Morgan fingerprint density at radius 3 is 3.40 bits per heavy atom. The standard InChI is InChI=1S/C11H13N3O/c15-11-9-4-2-6-14(9)10-8(7-13-11)3-1-5-12-10/h1,3,5,9H,2,4,6-7H2,(H,13,15). The number of pyridine rings is 1. The van der Waals surface area contributed by atoms with Crippen molar-refractivity contribution in [1.82, 2.24) is 10.3 Å². The summed E-state index contributed by atoms with van der Waals surface area (Å²) in [7, 11) is 0. The molecule has 3 rings (SSSR count). The van der Waals surface area contributed by atoms with E-state index in [1.807, 2.05) is 12.1 Å². The summed E-state index contributed by atoms with van der Waals surface area (Å²) in [4.78, 5) is 18.3. The van der Waals surface area contributed by atoms with Gasteiger partial charge >= 0.3 is 0 Å². The van der Waals surface area contributed by atoms with E-state index >= 15 is 0 Å². The lowest BCUT2D eigenvalue weighted by molar-refractivity contribution is -0.122. The summed E-state index contributed by atoms with van der Waals surface area (Å²) < 4.78 is 0. The summed E-state index contributed by atoms with van der Waals surface area (Å²) in [6, 6.07) is 3.95. The smallest absolute Gasteiger partial charge is 0.243 e. The Morgan fingerprint density at radius 2 is 2.47 bits per heavy atom. The first-order valence-electron chi connectivity index (χ1n) is 5.34. The number of amides is 1. The van der Waals surface area contributed by atoms with Crippen LogP contribution in [0.15, 0.2) is 18.3 Å². The van der Waals surface area contributed by atoms with Crippen molar-refractivity contribution in [3.05, 3.63) is 23.9 Å². The molecule has 0 radical (unpaired) electrons. The second kappa shape index (κ2) is 3.22. The fourth-order valence-electron chi connectivity index (χ4n) is 2.42. The molecule has 0 aliphatic carbocycles. The van der Waals surface area contributed by atoms with Crippen LogP contribution in [0.5, 0.6) is 0 Å². The molecule has 1 unspecified atom stereocenters. The van der Waals surface area contributed by atoms with E-state index in [0.717, 1.165) is 30.8 Å². The molecule has 78 valence electrons. The van der Waals surface area contributed by atoms with Crippen molar-refractivity contribution >= 4 is 11.7 Å². The fourth-order valence-corrected chi connectivity index (χ4v) is 2.42.